The fraction of sp³-hybridized carbons (Fsp3) is 1.00. The van der Waals surface area contributed by atoms with Gasteiger partial charge in [0, 0.05) is 0 Å². The Hall–Kier alpha value is 1.46. The summed E-state index contributed by atoms with van der Waals surface area (Å²) >= 11 is -0.826. The monoisotopic (exact) mass is 356 g/mol. The molecule has 2 rings (SSSR count). The molecule has 0 amide bonds. The van der Waals surface area contributed by atoms with Crippen molar-refractivity contribution in [1.82, 2.24) is 0 Å². The van der Waals surface area contributed by atoms with Crippen LogP contribution in [0.2, 0.25) is 0 Å². The molecule has 2 saturated carbocycles. The zero-order chi connectivity index (χ0) is 13.3. The van der Waals surface area contributed by atoms with E-state index in [1.807, 2.05) is 0 Å². The molecule has 0 bridgehead atoms. The van der Waals surface area contributed by atoms with Crippen LogP contribution in [0.4, 0.5) is 0 Å². The van der Waals surface area contributed by atoms with Gasteiger partial charge < -0.3 is 0 Å². The van der Waals surface area contributed by atoms with Crippen molar-refractivity contribution in [1.29, 1.82) is 0 Å². The molecule has 4 unspecified atom stereocenters. The summed E-state index contributed by atoms with van der Waals surface area (Å²) in [6, 6.07) is 0. The fourth-order valence-electron chi connectivity index (χ4n) is 2.98. The Morgan fingerprint density at radius 1 is 0.647 bits per heavy atom. The number of hydrogen-bond acceptors (Lipinski definition) is 0. The zero-order valence-corrected chi connectivity index (χ0v) is 15.8. The van der Waals surface area contributed by atoms with E-state index in [2.05, 4.69) is 27.7 Å². The van der Waals surface area contributed by atoms with Gasteiger partial charge >= 0.3 is 37.9 Å². The Bertz CT molecular complexity index is 142. The molecule has 2 fully saturated rings. The maximum absolute atomic E-state index is 4.93. The molecule has 4 atom stereocenters. The van der Waals surface area contributed by atoms with Crippen molar-refractivity contribution in [2.75, 3.05) is 0 Å². The summed E-state index contributed by atoms with van der Waals surface area (Å²) in [7, 11) is 9.87. The van der Waals surface area contributed by atoms with E-state index in [1.54, 1.807) is 0 Å². The summed E-state index contributed by atoms with van der Waals surface area (Å²) in [6.07, 6.45) is 8.84. The van der Waals surface area contributed by atoms with Crippen LogP contribution in [0.15, 0.2) is 0 Å². The molecule has 0 aliphatic heterocycles. The summed E-state index contributed by atoms with van der Waals surface area (Å²) in [5, 5.41) is 0. The van der Waals surface area contributed by atoms with E-state index in [4.69, 9.17) is 17.0 Å². The molecule has 0 N–H and O–H groups in total. The molecule has 0 aromatic heterocycles. The Kier molecular flexibility index (Phi) is 12.3. The van der Waals surface area contributed by atoms with Crippen LogP contribution in [-0.4, -0.2) is 0 Å². The third kappa shape index (κ3) is 11.0. The predicted molar refractivity (Wildman–Crippen MR) is 76.1 cm³/mol. The van der Waals surface area contributed by atoms with Gasteiger partial charge in [0.25, 0.3) is 0 Å². The summed E-state index contributed by atoms with van der Waals surface area (Å²) < 4.78 is 0. The van der Waals surface area contributed by atoms with Crippen molar-refractivity contribution in [3.8, 4) is 0 Å². The number of hydrogen-bond donors (Lipinski definition) is 0. The SMILES string of the molecule is CC1CCC(C)C1.CC1CCC(C)C1.[Cl][Zr][Cl]. The molecular formula is C14H28Cl2Zr. The molecule has 2 aliphatic carbocycles. The van der Waals surface area contributed by atoms with Crippen LogP contribution in [-0.2, 0) is 20.8 Å². The third-order valence-electron chi connectivity index (χ3n) is 3.91. The molecule has 17 heavy (non-hydrogen) atoms. The van der Waals surface area contributed by atoms with Crippen molar-refractivity contribution < 1.29 is 20.8 Å². The van der Waals surface area contributed by atoms with Gasteiger partial charge in [0.1, 0.15) is 0 Å². The first kappa shape index (κ1) is 18.5. The quantitative estimate of drug-likeness (QED) is 0.479. The van der Waals surface area contributed by atoms with E-state index in [0.717, 1.165) is 23.7 Å². The first-order valence-corrected chi connectivity index (χ1v) is 13.3. The van der Waals surface area contributed by atoms with Gasteiger partial charge in [-0.3, -0.25) is 0 Å². The molecule has 0 spiro atoms. The molecule has 3 heteroatoms. The molecule has 0 radical (unpaired) electrons. The summed E-state index contributed by atoms with van der Waals surface area (Å²) in [5.74, 6) is 4.09. The molecule has 102 valence electrons. The first-order chi connectivity index (χ1) is 7.99. The summed E-state index contributed by atoms with van der Waals surface area (Å²) in [5.41, 5.74) is 0. The minimum atomic E-state index is -0.826. The third-order valence-corrected chi connectivity index (χ3v) is 3.91. The molecule has 0 aromatic carbocycles. The Morgan fingerprint density at radius 2 is 0.824 bits per heavy atom. The number of halogens is 2. The van der Waals surface area contributed by atoms with Gasteiger partial charge in [0.15, 0.2) is 0 Å². The molecule has 0 heterocycles. The minimum absolute atomic E-state index is 0.826. The van der Waals surface area contributed by atoms with Gasteiger partial charge in [0.2, 0.25) is 0 Å². The van der Waals surface area contributed by atoms with Gasteiger partial charge in [-0.1, -0.05) is 53.4 Å². The van der Waals surface area contributed by atoms with Crippen LogP contribution in [0.1, 0.15) is 66.2 Å². The first-order valence-electron chi connectivity index (χ1n) is 6.95. The Morgan fingerprint density at radius 3 is 0.882 bits per heavy atom. The standard InChI is InChI=1S/2C7H14.2ClH.Zr/c2*1-6-3-4-7(2)5-6;;;/h2*6-7H,3-5H2,1-2H3;2*1H;/q;;;;+2/p-2. The Balaban J connectivity index is 0.000000247. The van der Waals surface area contributed by atoms with Crippen molar-refractivity contribution in [2.45, 2.75) is 66.2 Å². The van der Waals surface area contributed by atoms with Gasteiger partial charge in [-0.15, -0.1) is 0 Å². The normalized spacial score (nSPS) is 35.4. The molecule has 0 aromatic rings. The van der Waals surface area contributed by atoms with Gasteiger partial charge in [-0.25, -0.2) is 0 Å². The topological polar surface area (TPSA) is 0 Å². The van der Waals surface area contributed by atoms with Crippen LogP contribution in [0.25, 0.3) is 0 Å². The van der Waals surface area contributed by atoms with E-state index in [9.17, 15) is 0 Å². The van der Waals surface area contributed by atoms with Crippen molar-refractivity contribution in [3.63, 3.8) is 0 Å². The predicted octanol–water partition coefficient (Wildman–Crippen LogP) is 6.26. The maximum atomic E-state index is 4.93. The van der Waals surface area contributed by atoms with Crippen LogP contribution in [0.3, 0.4) is 0 Å². The van der Waals surface area contributed by atoms with Crippen molar-refractivity contribution >= 4 is 17.0 Å². The summed E-state index contributed by atoms with van der Waals surface area (Å²) in [4.78, 5) is 0. The van der Waals surface area contributed by atoms with Crippen LogP contribution in [0.5, 0.6) is 0 Å². The second-order valence-electron chi connectivity index (χ2n) is 6.12. The van der Waals surface area contributed by atoms with Gasteiger partial charge in [-0.2, -0.15) is 0 Å². The van der Waals surface area contributed by atoms with Gasteiger partial charge in [0.05, 0.1) is 0 Å². The summed E-state index contributed by atoms with van der Waals surface area (Å²) in [6.45, 7) is 9.40. The average molecular weight is 359 g/mol. The van der Waals surface area contributed by atoms with Gasteiger partial charge in [-0.05, 0) is 36.5 Å². The van der Waals surface area contributed by atoms with E-state index in [1.165, 1.54) is 38.5 Å². The van der Waals surface area contributed by atoms with E-state index < -0.39 is 20.8 Å². The molecule has 0 nitrogen and oxygen atoms in total. The van der Waals surface area contributed by atoms with Crippen LogP contribution in [0, 0.1) is 23.7 Å². The fourth-order valence-corrected chi connectivity index (χ4v) is 2.98. The molecule has 2 aliphatic rings. The van der Waals surface area contributed by atoms with Crippen molar-refractivity contribution in [3.05, 3.63) is 0 Å². The second-order valence-corrected chi connectivity index (χ2v) is 9.85. The molecular weight excluding hydrogens is 330 g/mol. The van der Waals surface area contributed by atoms with Crippen molar-refractivity contribution in [2.24, 2.45) is 23.7 Å². The van der Waals surface area contributed by atoms with E-state index in [-0.39, 0.29) is 0 Å². The van der Waals surface area contributed by atoms with Crippen LogP contribution < -0.4 is 0 Å². The second kappa shape index (κ2) is 11.3. The zero-order valence-electron chi connectivity index (χ0n) is 11.8. The molecule has 0 saturated heterocycles. The number of rotatable bonds is 0. The van der Waals surface area contributed by atoms with E-state index in [0.29, 0.717) is 0 Å². The Labute approximate surface area is 127 Å². The average Bonchev–Trinajstić information content (AvgIpc) is 2.78. The van der Waals surface area contributed by atoms with Crippen LogP contribution >= 0.6 is 17.0 Å². The van der Waals surface area contributed by atoms with E-state index >= 15 is 0 Å².